The summed E-state index contributed by atoms with van der Waals surface area (Å²) in [6.07, 6.45) is 0. The van der Waals surface area contributed by atoms with Crippen LogP contribution in [0.25, 0.3) is 0 Å². The summed E-state index contributed by atoms with van der Waals surface area (Å²) in [7, 11) is 0. The molecule has 0 aliphatic carbocycles. The van der Waals surface area contributed by atoms with Crippen molar-refractivity contribution in [3.63, 3.8) is 0 Å². The van der Waals surface area contributed by atoms with Crippen molar-refractivity contribution in [2.24, 2.45) is 5.73 Å². The van der Waals surface area contributed by atoms with E-state index in [4.69, 9.17) is 28.9 Å². The van der Waals surface area contributed by atoms with E-state index >= 15 is 0 Å². The lowest BCUT2D eigenvalue weighted by molar-refractivity contribution is -0.137. The summed E-state index contributed by atoms with van der Waals surface area (Å²) in [5, 5.41) is 3.25. The van der Waals surface area contributed by atoms with Crippen LogP contribution in [0.3, 0.4) is 0 Å². The number of primary amides is 1. The molecule has 0 atom stereocenters. The van der Waals surface area contributed by atoms with Gasteiger partial charge >= 0.3 is 11.8 Å². The van der Waals surface area contributed by atoms with E-state index < -0.39 is 11.8 Å². The first-order valence-corrected chi connectivity index (χ1v) is 4.78. The molecule has 3 N–H and O–H groups in total. The third kappa shape index (κ3) is 3.42. The molecule has 0 aromatic heterocycles. The monoisotopic (exact) mass is 246 g/mol. The quantitative estimate of drug-likeness (QED) is 0.768. The molecule has 1 aromatic carbocycles. The largest absolute Gasteiger partial charge is 0.361 e. The molecule has 1 aromatic rings. The maximum atomic E-state index is 10.8. The lowest BCUT2D eigenvalue weighted by atomic mass is 10.2. The molecule has 0 heterocycles. The van der Waals surface area contributed by atoms with Crippen molar-refractivity contribution in [3.8, 4) is 0 Å². The number of hydrogen-bond donors (Lipinski definition) is 2. The van der Waals surface area contributed by atoms with E-state index in [1.165, 1.54) is 0 Å². The summed E-state index contributed by atoms with van der Waals surface area (Å²) in [5.74, 6) is -1.87. The average molecular weight is 247 g/mol. The SMILES string of the molecule is NC(=O)C(=O)NCc1ccc(Cl)cc1Cl. The van der Waals surface area contributed by atoms with Crippen molar-refractivity contribution in [2.45, 2.75) is 6.54 Å². The van der Waals surface area contributed by atoms with Crippen LogP contribution >= 0.6 is 23.2 Å². The van der Waals surface area contributed by atoms with Gasteiger partial charge < -0.3 is 11.1 Å². The number of hydrogen-bond acceptors (Lipinski definition) is 2. The summed E-state index contributed by atoms with van der Waals surface area (Å²) in [4.78, 5) is 21.3. The Kier molecular flexibility index (Phi) is 3.94. The smallest absolute Gasteiger partial charge is 0.309 e. The Morgan fingerprint density at radius 3 is 2.53 bits per heavy atom. The second-order valence-corrected chi connectivity index (χ2v) is 3.63. The fourth-order valence-electron chi connectivity index (χ4n) is 0.928. The molecule has 0 saturated heterocycles. The van der Waals surface area contributed by atoms with Crippen LogP contribution in [-0.4, -0.2) is 11.8 Å². The number of carbonyl (C=O) groups excluding carboxylic acids is 2. The van der Waals surface area contributed by atoms with Gasteiger partial charge in [-0.3, -0.25) is 9.59 Å². The summed E-state index contributed by atoms with van der Waals surface area (Å²) in [6.45, 7) is 0.137. The average Bonchev–Trinajstić information content (AvgIpc) is 2.15. The predicted molar refractivity (Wildman–Crippen MR) is 57.5 cm³/mol. The minimum absolute atomic E-state index is 0.137. The van der Waals surface area contributed by atoms with Gasteiger partial charge in [-0.2, -0.15) is 0 Å². The molecule has 80 valence electrons. The number of amides is 2. The van der Waals surface area contributed by atoms with E-state index in [1.807, 2.05) is 0 Å². The van der Waals surface area contributed by atoms with Gasteiger partial charge in [0, 0.05) is 16.6 Å². The Bertz CT molecular complexity index is 407. The molecule has 0 spiro atoms. The molecule has 15 heavy (non-hydrogen) atoms. The number of carbonyl (C=O) groups is 2. The summed E-state index contributed by atoms with van der Waals surface area (Å²) < 4.78 is 0. The van der Waals surface area contributed by atoms with Crippen LogP contribution in [0.4, 0.5) is 0 Å². The molecule has 0 unspecified atom stereocenters. The number of nitrogens with two attached hydrogens (primary N) is 1. The van der Waals surface area contributed by atoms with Crippen LogP contribution in [0.1, 0.15) is 5.56 Å². The zero-order valence-corrected chi connectivity index (χ0v) is 9.10. The van der Waals surface area contributed by atoms with E-state index in [9.17, 15) is 9.59 Å². The zero-order valence-electron chi connectivity index (χ0n) is 7.59. The van der Waals surface area contributed by atoms with Gasteiger partial charge in [-0.05, 0) is 17.7 Å². The number of rotatable bonds is 2. The molecule has 0 fully saturated rings. The molecule has 1 rings (SSSR count). The molecule has 6 heteroatoms. The third-order valence-corrected chi connectivity index (χ3v) is 2.27. The molecule has 2 amide bonds. The molecule has 0 radical (unpaired) electrons. The molecule has 0 bridgehead atoms. The third-order valence-electron chi connectivity index (χ3n) is 1.68. The van der Waals surface area contributed by atoms with Crippen LogP contribution in [0.2, 0.25) is 10.0 Å². The first kappa shape index (κ1) is 11.8. The number of halogens is 2. The number of benzene rings is 1. The summed E-state index contributed by atoms with van der Waals surface area (Å²) >= 11 is 11.5. The van der Waals surface area contributed by atoms with E-state index in [-0.39, 0.29) is 6.54 Å². The van der Waals surface area contributed by atoms with Crippen LogP contribution < -0.4 is 11.1 Å². The highest BCUT2D eigenvalue weighted by atomic mass is 35.5. The first-order valence-electron chi connectivity index (χ1n) is 4.02. The molecule has 0 saturated carbocycles. The van der Waals surface area contributed by atoms with Gasteiger partial charge in [0.2, 0.25) is 0 Å². The van der Waals surface area contributed by atoms with Crippen molar-refractivity contribution >= 4 is 35.0 Å². The highest BCUT2D eigenvalue weighted by molar-refractivity contribution is 6.35. The van der Waals surface area contributed by atoms with Crippen LogP contribution in [0.5, 0.6) is 0 Å². The fraction of sp³-hybridized carbons (Fsp3) is 0.111. The van der Waals surface area contributed by atoms with Crippen LogP contribution in [-0.2, 0) is 16.1 Å². The Morgan fingerprint density at radius 2 is 2.00 bits per heavy atom. The highest BCUT2D eigenvalue weighted by Crippen LogP contribution is 2.20. The van der Waals surface area contributed by atoms with Gasteiger partial charge in [0.25, 0.3) is 0 Å². The topological polar surface area (TPSA) is 72.2 Å². The predicted octanol–water partition coefficient (Wildman–Crippen LogP) is 1.09. The van der Waals surface area contributed by atoms with Crippen molar-refractivity contribution in [1.29, 1.82) is 0 Å². The summed E-state index contributed by atoms with van der Waals surface area (Å²) in [5.41, 5.74) is 5.42. The van der Waals surface area contributed by atoms with Gasteiger partial charge in [0.1, 0.15) is 0 Å². The molecular weight excluding hydrogens is 239 g/mol. The van der Waals surface area contributed by atoms with E-state index in [0.717, 1.165) is 0 Å². The molecule has 0 aliphatic heterocycles. The van der Waals surface area contributed by atoms with Crippen molar-refractivity contribution in [3.05, 3.63) is 33.8 Å². The Balaban J connectivity index is 2.66. The minimum Gasteiger partial charge on any atom is -0.361 e. The van der Waals surface area contributed by atoms with Gasteiger partial charge in [-0.15, -0.1) is 0 Å². The molecule has 4 nitrogen and oxygen atoms in total. The Labute approximate surface area is 96.3 Å². The van der Waals surface area contributed by atoms with Crippen LogP contribution in [0, 0.1) is 0 Å². The second kappa shape index (κ2) is 5.00. The highest BCUT2D eigenvalue weighted by Gasteiger charge is 2.08. The van der Waals surface area contributed by atoms with E-state index in [2.05, 4.69) is 5.32 Å². The number of nitrogens with one attached hydrogen (secondary N) is 1. The first-order chi connectivity index (χ1) is 7.00. The standard InChI is InChI=1S/C9H8Cl2N2O2/c10-6-2-1-5(7(11)3-6)4-13-9(15)8(12)14/h1-3H,4H2,(H2,12,14)(H,13,15). The summed E-state index contributed by atoms with van der Waals surface area (Å²) in [6, 6.07) is 4.85. The maximum absolute atomic E-state index is 10.8. The van der Waals surface area contributed by atoms with Gasteiger partial charge in [-0.1, -0.05) is 29.3 Å². The Hall–Kier alpha value is -1.26. The lowest BCUT2D eigenvalue weighted by Gasteiger charge is -2.05. The van der Waals surface area contributed by atoms with Crippen molar-refractivity contribution < 1.29 is 9.59 Å². The van der Waals surface area contributed by atoms with Crippen molar-refractivity contribution in [1.82, 2.24) is 5.32 Å². The van der Waals surface area contributed by atoms with Crippen LogP contribution in [0.15, 0.2) is 18.2 Å². The molecule has 0 aliphatic rings. The zero-order chi connectivity index (χ0) is 11.4. The minimum atomic E-state index is -1.03. The van der Waals surface area contributed by atoms with Gasteiger partial charge in [-0.25, -0.2) is 0 Å². The van der Waals surface area contributed by atoms with Gasteiger partial charge in [0.15, 0.2) is 0 Å². The fourth-order valence-corrected chi connectivity index (χ4v) is 1.40. The maximum Gasteiger partial charge on any atom is 0.309 e. The molecular formula is C9H8Cl2N2O2. The Morgan fingerprint density at radius 1 is 1.33 bits per heavy atom. The lowest BCUT2D eigenvalue weighted by Crippen LogP contribution is -2.35. The van der Waals surface area contributed by atoms with Crippen molar-refractivity contribution in [2.75, 3.05) is 0 Å². The second-order valence-electron chi connectivity index (χ2n) is 2.78. The van der Waals surface area contributed by atoms with E-state index in [0.29, 0.717) is 15.6 Å². The van der Waals surface area contributed by atoms with Gasteiger partial charge in [0.05, 0.1) is 0 Å². The normalized spacial score (nSPS) is 9.73. The van der Waals surface area contributed by atoms with E-state index in [1.54, 1.807) is 18.2 Å².